The fourth-order valence-electron chi connectivity index (χ4n) is 2.45. The van der Waals surface area contributed by atoms with Gasteiger partial charge in [0.2, 0.25) is 5.13 Å². The number of benzene rings is 1. The lowest BCUT2D eigenvalue weighted by molar-refractivity contribution is 0.415. The molecule has 4 rings (SSSR count). The van der Waals surface area contributed by atoms with Crippen LogP contribution in [0, 0.1) is 6.92 Å². The molecule has 7 nitrogen and oxygen atoms in total. The van der Waals surface area contributed by atoms with E-state index in [1.54, 1.807) is 17.6 Å². The Morgan fingerprint density at radius 3 is 3.04 bits per heavy atom. The van der Waals surface area contributed by atoms with Gasteiger partial charge in [-0.2, -0.15) is 0 Å². The number of aromatic nitrogens is 4. The third-order valence-electron chi connectivity index (χ3n) is 3.70. The van der Waals surface area contributed by atoms with Crippen LogP contribution in [0.3, 0.4) is 0 Å². The molecule has 0 atom stereocenters. The third kappa shape index (κ3) is 3.97. The molecule has 4 aromatic rings. The van der Waals surface area contributed by atoms with E-state index in [0.29, 0.717) is 15.8 Å². The Labute approximate surface area is 167 Å². The lowest BCUT2D eigenvalue weighted by Gasteiger charge is -2.04. The van der Waals surface area contributed by atoms with Gasteiger partial charge in [0.1, 0.15) is 5.75 Å². The Bertz CT molecular complexity index is 1150. The van der Waals surface area contributed by atoms with Crippen LogP contribution in [-0.4, -0.2) is 26.7 Å². The van der Waals surface area contributed by atoms with Crippen molar-refractivity contribution in [1.29, 1.82) is 0 Å². The van der Waals surface area contributed by atoms with E-state index in [1.807, 2.05) is 36.6 Å². The molecule has 138 valence electrons. The molecule has 0 fully saturated rings. The van der Waals surface area contributed by atoms with Gasteiger partial charge in [-0.25, -0.2) is 4.98 Å². The van der Waals surface area contributed by atoms with Gasteiger partial charge in [-0.1, -0.05) is 29.2 Å². The van der Waals surface area contributed by atoms with E-state index in [9.17, 15) is 4.79 Å². The average Bonchev–Trinajstić information content (AvgIpc) is 3.27. The Morgan fingerprint density at radius 2 is 2.19 bits per heavy atom. The van der Waals surface area contributed by atoms with E-state index < -0.39 is 0 Å². The highest BCUT2D eigenvalue weighted by atomic mass is 32.2. The summed E-state index contributed by atoms with van der Waals surface area (Å²) in [6.07, 6.45) is 0. The number of ether oxygens (including phenoxy) is 1. The zero-order valence-corrected chi connectivity index (χ0v) is 17.0. The van der Waals surface area contributed by atoms with Crippen LogP contribution in [0.1, 0.15) is 11.4 Å². The number of thiazole rings is 1. The average molecular weight is 418 g/mol. The van der Waals surface area contributed by atoms with E-state index in [2.05, 4.69) is 20.5 Å². The molecular weight excluding hydrogens is 402 g/mol. The molecule has 1 N–H and O–H groups in total. The zero-order chi connectivity index (χ0) is 18.8. The standard InChI is InChI=1S/C17H15N5O2S3/c1-10-8-25-16-19-12(7-14(23)22(10)16)9-26-17-21-20-15(27-17)18-11-4-3-5-13(6-11)24-2/h3-8H,9H2,1-2H3,(H,18,20). The maximum Gasteiger partial charge on any atom is 0.258 e. The molecule has 0 aliphatic heterocycles. The predicted octanol–water partition coefficient (Wildman–Crippen LogP) is 3.96. The number of anilines is 2. The van der Waals surface area contributed by atoms with E-state index in [4.69, 9.17) is 4.74 Å². The van der Waals surface area contributed by atoms with Crippen LogP contribution < -0.4 is 15.6 Å². The molecule has 0 saturated heterocycles. The molecule has 0 saturated carbocycles. The molecule has 0 unspecified atom stereocenters. The normalized spacial score (nSPS) is 11.0. The maximum absolute atomic E-state index is 12.2. The molecule has 0 radical (unpaired) electrons. The highest BCUT2D eigenvalue weighted by molar-refractivity contribution is 8.00. The molecular formula is C17H15N5O2S3. The Balaban J connectivity index is 1.44. The fourth-order valence-corrected chi connectivity index (χ4v) is 5.01. The van der Waals surface area contributed by atoms with Gasteiger partial charge < -0.3 is 10.1 Å². The number of hydrogen-bond donors (Lipinski definition) is 1. The van der Waals surface area contributed by atoms with E-state index in [0.717, 1.165) is 27.2 Å². The van der Waals surface area contributed by atoms with Crippen molar-refractivity contribution in [3.8, 4) is 5.75 Å². The highest BCUT2D eigenvalue weighted by Gasteiger charge is 2.10. The summed E-state index contributed by atoms with van der Waals surface area (Å²) in [7, 11) is 1.63. The second-order valence-corrected chi connectivity index (χ2v) is 8.64. The van der Waals surface area contributed by atoms with Gasteiger partial charge in [-0.3, -0.25) is 9.20 Å². The Morgan fingerprint density at radius 1 is 1.30 bits per heavy atom. The molecule has 0 spiro atoms. The second kappa shape index (κ2) is 7.67. The molecule has 0 aliphatic carbocycles. The molecule has 3 aromatic heterocycles. The number of aryl methyl sites for hydroxylation is 1. The Kier molecular flexibility index (Phi) is 5.10. The SMILES string of the molecule is COc1cccc(Nc2nnc(SCc3cc(=O)n4c(C)csc4n3)s2)c1. The van der Waals surface area contributed by atoms with Crippen LogP contribution >= 0.6 is 34.4 Å². The second-order valence-electron chi connectivity index (χ2n) is 5.60. The largest absolute Gasteiger partial charge is 0.497 e. The summed E-state index contributed by atoms with van der Waals surface area (Å²) >= 11 is 4.43. The first-order valence-electron chi connectivity index (χ1n) is 7.96. The summed E-state index contributed by atoms with van der Waals surface area (Å²) in [5, 5.41) is 14.2. The molecule has 0 aliphatic rings. The fraction of sp³-hybridized carbons (Fsp3) is 0.176. The van der Waals surface area contributed by atoms with Crippen molar-refractivity contribution < 1.29 is 4.74 Å². The molecule has 3 heterocycles. The van der Waals surface area contributed by atoms with Crippen molar-refractivity contribution >= 4 is 50.2 Å². The van der Waals surface area contributed by atoms with Crippen LogP contribution in [-0.2, 0) is 5.75 Å². The van der Waals surface area contributed by atoms with E-state index >= 15 is 0 Å². The highest BCUT2D eigenvalue weighted by Crippen LogP contribution is 2.30. The number of nitrogens with one attached hydrogen (secondary N) is 1. The van der Waals surface area contributed by atoms with Gasteiger partial charge >= 0.3 is 0 Å². The van der Waals surface area contributed by atoms with Gasteiger partial charge in [0.25, 0.3) is 5.56 Å². The lowest BCUT2D eigenvalue weighted by Crippen LogP contribution is -2.14. The number of fused-ring (bicyclic) bond motifs is 1. The van der Waals surface area contributed by atoms with Crippen LogP contribution in [0.25, 0.3) is 4.96 Å². The minimum absolute atomic E-state index is 0.0491. The van der Waals surface area contributed by atoms with Gasteiger partial charge in [0.15, 0.2) is 9.30 Å². The topological polar surface area (TPSA) is 81.4 Å². The first-order chi connectivity index (χ1) is 13.1. The lowest BCUT2D eigenvalue weighted by atomic mass is 10.3. The maximum atomic E-state index is 12.2. The van der Waals surface area contributed by atoms with Gasteiger partial charge in [0.05, 0.1) is 12.8 Å². The molecule has 1 aromatic carbocycles. The summed E-state index contributed by atoms with van der Waals surface area (Å²) in [6.45, 7) is 1.90. The smallest absolute Gasteiger partial charge is 0.258 e. The first-order valence-corrected chi connectivity index (χ1v) is 10.6. The van der Waals surface area contributed by atoms with Crippen molar-refractivity contribution in [3.63, 3.8) is 0 Å². The number of methoxy groups -OCH3 is 1. The number of thioether (sulfide) groups is 1. The summed E-state index contributed by atoms with van der Waals surface area (Å²) in [5.41, 5.74) is 2.48. The monoisotopic (exact) mass is 417 g/mol. The van der Waals surface area contributed by atoms with Gasteiger partial charge in [-0.05, 0) is 19.1 Å². The van der Waals surface area contributed by atoms with E-state index in [1.165, 1.54) is 34.4 Å². The summed E-state index contributed by atoms with van der Waals surface area (Å²) in [5.74, 6) is 1.34. The number of nitrogens with zero attached hydrogens (tertiary/aromatic N) is 4. The van der Waals surface area contributed by atoms with Crippen molar-refractivity contribution in [3.05, 3.63) is 57.5 Å². The molecule has 0 bridgehead atoms. The van der Waals surface area contributed by atoms with Crippen molar-refractivity contribution in [2.75, 3.05) is 12.4 Å². The number of hydrogen-bond acceptors (Lipinski definition) is 9. The minimum Gasteiger partial charge on any atom is -0.497 e. The predicted molar refractivity (Wildman–Crippen MR) is 110 cm³/mol. The zero-order valence-electron chi connectivity index (χ0n) is 14.5. The van der Waals surface area contributed by atoms with Crippen LogP contribution in [0.5, 0.6) is 5.75 Å². The van der Waals surface area contributed by atoms with Gasteiger partial charge in [-0.15, -0.1) is 21.5 Å². The van der Waals surface area contributed by atoms with Crippen molar-refractivity contribution in [2.24, 2.45) is 0 Å². The van der Waals surface area contributed by atoms with Crippen LogP contribution in [0.15, 0.2) is 44.8 Å². The van der Waals surface area contributed by atoms with Gasteiger partial charge in [0, 0.05) is 34.6 Å². The van der Waals surface area contributed by atoms with E-state index in [-0.39, 0.29) is 5.56 Å². The first kappa shape index (κ1) is 18.0. The summed E-state index contributed by atoms with van der Waals surface area (Å²) in [6, 6.07) is 9.20. The number of rotatable bonds is 6. The summed E-state index contributed by atoms with van der Waals surface area (Å²) in [4.78, 5) is 17.5. The Hall–Kier alpha value is -2.43. The van der Waals surface area contributed by atoms with Crippen molar-refractivity contribution in [1.82, 2.24) is 19.6 Å². The molecule has 0 amide bonds. The van der Waals surface area contributed by atoms with Crippen LogP contribution in [0.2, 0.25) is 0 Å². The minimum atomic E-state index is -0.0491. The summed E-state index contributed by atoms with van der Waals surface area (Å²) < 4.78 is 7.65. The van der Waals surface area contributed by atoms with Crippen LogP contribution in [0.4, 0.5) is 10.8 Å². The molecule has 10 heteroatoms. The quantitative estimate of drug-likeness (QED) is 0.476. The van der Waals surface area contributed by atoms with Crippen molar-refractivity contribution in [2.45, 2.75) is 17.0 Å². The molecule has 27 heavy (non-hydrogen) atoms. The third-order valence-corrected chi connectivity index (χ3v) is 6.65.